The lowest BCUT2D eigenvalue weighted by Gasteiger charge is -2.19. The quantitative estimate of drug-likeness (QED) is 0.849. The Morgan fingerprint density at radius 3 is 2.53 bits per heavy atom. The molecule has 1 aliphatic rings. The Balaban J connectivity index is 2.65. The van der Waals surface area contributed by atoms with E-state index in [0.29, 0.717) is 23.1 Å². The zero-order chi connectivity index (χ0) is 12.6. The molecule has 0 saturated heterocycles. The predicted octanol–water partition coefficient (Wildman–Crippen LogP) is 2.89. The molecular weight excluding hydrogens is 216 g/mol. The van der Waals surface area contributed by atoms with Crippen molar-refractivity contribution in [2.45, 2.75) is 26.7 Å². The highest BCUT2D eigenvalue weighted by Gasteiger charge is 2.31. The zero-order valence-corrected chi connectivity index (χ0v) is 9.91. The number of allylic oxidation sites excluding steroid dienone is 2. The normalized spacial score (nSPS) is 15.2. The maximum atomic E-state index is 12.2. The van der Waals surface area contributed by atoms with Crippen LogP contribution in [0.15, 0.2) is 29.3 Å². The third-order valence-electron chi connectivity index (χ3n) is 3.08. The van der Waals surface area contributed by atoms with E-state index < -0.39 is 0 Å². The molecule has 0 unspecified atom stereocenters. The lowest BCUT2D eigenvalue weighted by molar-refractivity contribution is 0.0969. The third kappa shape index (κ3) is 1.68. The summed E-state index contributed by atoms with van der Waals surface area (Å²) >= 11 is 0. The number of phenols is 1. The maximum Gasteiger partial charge on any atom is 0.193 e. The van der Waals surface area contributed by atoms with Crippen LogP contribution < -0.4 is 0 Å². The van der Waals surface area contributed by atoms with Gasteiger partial charge in [-0.25, -0.2) is 0 Å². The van der Waals surface area contributed by atoms with E-state index in [4.69, 9.17) is 0 Å². The summed E-state index contributed by atoms with van der Waals surface area (Å²) in [6, 6.07) is 4.60. The van der Waals surface area contributed by atoms with E-state index in [0.717, 1.165) is 6.42 Å². The van der Waals surface area contributed by atoms with E-state index >= 15 is 0 Å². The van der Waals surface area contributed by atoms with E-state index in [1.807, 2.05) is 6.92 Å². The number of carbonyl (C=O) groups is 2. The molecule has 3 nitrogen and oxygen atoms in total. The molecule has 0 spiro atoms. The molecule has 1 N–H and O–H groups in total. The predicted molar refractivity (Wildman–Crippen MR) is 64.4 cm³/mol. The highest BCUT2D eigenvalue weighted by molar-refractivity contribution is 6.27. The van der Waals surface area contributed by atoms with Gasteiger partial charge in [0.2, 0.25) is 0 Å². The first kappa shape index (κ1) is 11.6. The van der Waals surface area contributed by atoms with Crippen molar-refractivity contribution in [3.05, 3.63) is 40.5 Å². The Bertz CT molecular complexity index is 538. The number of aromatic hydroxyl groups is 1. The summed E-state index contributed by atoms with van der Waals surface area (Å²) in [7, 11) is 0. The van der Waals surface area contributed by atoms with Crippen molar-refractivity contribution in [3.63, 3.8) is 0 Å². The average Bonchev–Trinajstić information content (AvgIpc) is 2.31. The second-order valence-corrected chi connectivity index (χ2v) is 4.21. The highest BCUT2D eigenvalue weighted by Crippen LogP contribution is 2.33. The molecule has 0 aliphatic heterocycles. The van der Waals surface area contributed by atoms with Crippen LogP contribution >= 0.6 is 0 Å². The van der Waals surface area contributed by atoms with Crippen molar-refractivity contribution in [3.8, 4) is 5.75 Å². The summed E-state index contributed by atoms with van der Waals surface area (Å²) in [6.45, 7) is 3.64. The number of hydrogen-bond donors (Lipinski definition) is 1. The van der Waals surface area contributed by atoms with E-state index in [1.54, 1.807) is 19.1 Å². The van der Waals surface area contributed by atoms with Crippen LogP contribution in [-0.4, -0.2) is 16.7 Å². The Hall–Kier alpha value is -1.90. The van der Waals surface area contributed by atoms with Crippen LogP contribution in [0.25, 0.3) is 0 Å². The fourth-order valence-electron chi connectivity index (χ4n) is 2.18. The first-order valence-corrected chi connectivity index (χ1v) is 5.69. The van der Waals surface area contributed by atoms with Gasteiger partial charge >= 0.3 is 0 Å². The molecule has 0 heterocycles. The Morgan fingerprint density at radius 2 is 1.88 bits per heavy atom. The largest absolute Gasteiger partial charge is 0.507 e. The van der Waals surface area contributed by atoms with Crippen molar-refractivity contribution in [2.24, 2.45) is 0 Å². The monoisotopic (exact) mass is 230 g/mol. The van der Waals surface area contributed by atoms with Gasteiger partial charge in [0, 0.05) is 16.7 Å². The Kier molecular flexibility index (Phi) is 2.84. The molecule has 88 valence electrons. The molecule has 2 rings (SSSR count). The number of Topliss-reactive ketones (excluding diaryl/α,β-unsaturated/α-hetero) is 2. The number of benzene rings is 1. The van der Waals surface area contributed by atoms with Crippen LogP contribution in [0.5, 0.6) is 5.75 Å². The molecule has 3 heteroatoms. The van der Waals surface area contributed by atoms with Gasteiger partial charge in [-0.15, -0.1) is 0 Å². The summed E-state index contributed by atoms with van der Waals surface area (Å²) in [6.07, 6.45) is 1.37. The van der Waals surface area contributed by atoms with Crippen LogP contribution in [0.2, 0.25) is 0 Å². The molecule has 1 aromatic rings. The summed E-state index contributed by atoms with van der Waals surface area (Å²) in [5.41, 5.74) is 1.51. The van der Waals surface area contributed by atoms with Crippen LogP contribution in [0.1, 0.15) is 47.4 Å². The summed E-state index contributed by atoms with van der Waals surface area (Å²) in [4.78, 5) is 24.3. The number of hydrogen-bond acceptors (Lipinski definition) is 3. The number of fused-ring (bicyclic) bond motifs is 1. The van der Waals surface area contributed by atoms with E-state index in [2.05, 4.69) is 0 Å². The minimum atomic E-state index is -0.211. The van der Waals surface area contributed by atoms with Crippen molar-refractivity contribution >= 4 is 11.6 Å². The fraction of sp³-hybridized carbons (Fsp3) is 0.286. The smallest absolute Gasteiger partial charge is 0.193 e. The second-order valence-electron chi connectivity index (χ2n) is 4.21. The van der Waals surface area contributed by atoms with Crippen LogP contribution in [0.4, 0.5) is 0 Å². The molecule has 1 aromatic carbocycles. The molecule has 17 heavy (non-hydrogen) atoms. The molecule has 0 aromatic heterocycles. The van der Waals surface area contributed by atoms with Crippen molar-refractivity contribution in [2.75, 3.05) is 0 Å². The first-order chi connectivity index (χ1) is 8.07. The molecule has 0 amide bonds. The second kappa shape index (κ2) is 4.17. The van der Waals surface area contributed by atoms with E-state index in [1.165, 1.54) is 6.07 Å². The van der Waals surface area contributed by atoms with Crippen molar-refractivity contribution in [1.29, 1.82) is 0 Å². The molecular formula is C14H14O3. The Morgan fingerprint density at radius 1 is 1.18 bits per heavy atom. The van der Waals surface area contributed by atoms with E-state index in [9.17, 15) is 14.7 Å². The topological polar surface area (TPSA) is 54.4 Å². The van der Waals surface area contributed by atoms with Gasteiger partial charge in [0.15, 0.2) is 11.6 Å². The van der Waals surface area contributed by atoms with Gasteiger partial charge in [0.1, 0.15) is 5.75 Å². The van der Waals surface area contributed by atoms with Gasteiger partial charge in [-0.1, -0.05) is 25.5 Å². The van der Waals surface area contributed by atoms with Gasteiger partial charge in [-0.2, -0.15) is 0 Å². The molecule has 0 fully saturated rings. The lowest BCUT2D eigenvalue weighted by Crippen LogP contribution is -2.21. The van der Waals surface area contributed by atoms with Crippen LogP contribution in [0.3, 0.4) is 0 Å². The number of carbonyl (C=O) groups excluding carboxylic acids is 2. The zero-order valence-electron chi connectivity index (χ0n) is 9.91. The molecule has 0 radical (unpaired) electrons. The lowest BCUT2D eigenvalue weighted by atomic mass is 9.82. The summed E-state index contributed by atoms with van der Waals surface area (Å²) in [5.74, 6) is -0.474. The van der Waals surface area contributed by atoms with Gasteiger partial charge in [0.05, 0.1) is 5.56 Å². The van der Waals surface area contributed by atoms with Crippen molar-refractivity contribution in [1.82, 2.24) is 0 Å². The maximum absolute atomic E-state index is 12.2. The molecule has 0 bridgehead atoms. The first-order valence-electron chi connectivity index (χ1n) is 5.69. The molecule has 0 atom stereocenters. The number of ketones is 2. The van der Waals surface area contributed by atoms with Gasteiger partial charge < -0.3 is 5.11 Å². The SMILES string of the molecule is CCCC1=C(C)C(=O)c2cccc(O)c2C1=O. The highest BCUT2D eigenvalue weighted by atomic mass is 16.3. The summed E-state index contributed by atoms with van der Waals surface area (Å²) in [5, 5.41) is 9.72. The minimum absolute atomic E-state index is 0.109. The Labute approximate surface area is 99.8 Å². The fourth-order valence-corrected chi connectivity index (χ4v) is 2.18. The number of rotatable bonds is 2. The van der Waals surface area contributed by atoms with Gasteiger partial charge in [-0.05, 0) is 19.4 Å². The average molecular weight is 230 g/mol. The molecule has 0 saturated carbocycles. The summed E-state index contributed by atoms with van der Waals surface area (Å²) < 4.78 is 0. The van der Waals surface area contributed by atoms with Crippen LogP contribution in [0, 0.1) is 0 Å². The van der Waals surface area contributed by atoms with E-state index in [-0.39, 0.29) is 22.9 Å². The van der Waals surface area contributed by atoms with Gasteiger partial charge in [0.25, 0.3) is 0 Å². The van der Waals surface area contributed by atoms with Crippen molar-refractivity contribution < 1.29 is 14.7 Å². The third-order valence-corrected chi connectivity index (χ3v) is 3.08. The van der Waals surface area contributed by atoms with Gasteiger partial charge in [-0.3, -0.25) is 9.59 Å². The standard InChI is InChI=1S/C14H14O3/c1-3-5-9-8(2)13(16)10-6-4-7-11(15)12(10)14(9)17/h4,6-7,15H,3,5H2,1-2H3. The number of phenolic OH excluding ortho intramolecular Hbond substituents is 1. The van der Waals surface area contributed by atoms with Crippen LogP contribution in [-0.2, 0) is 0 Å². The molecule has 1 aliphatic carbocycles. The minimum Gasteiger partial charge on any atom is -0.507 e.